The molecule has 0 atom stereocenters. The fourth-order valence-electron chi connectivity index (χ4n) is 1.34. The number of ether oxygens (including phenoxy) is 1. The molecule has 0 aliphatic carbocycles. The monoisotopic (exact) mass is 188 g/mol. The molecule has 1 aliphatic heterocycles. The summed E-state index contributed by atoms with van der Waals surface area (Å²) in [5.74, 6) is 0. The standard InChI is InChI=1S/C10H8N2O2/c11-7-8-1-3-9(4-2-8)12-5-6-14-10(12)13/h1-4H,5-6H2. The number of nitriles is 1. The summed E-state index contributed by atoms with van der Waals surface area (Å²) < 4.78 is 4.80. The van der Waals surface area contributed by atoms with Crippen LogP contribution in [0.5, 0.6) is 0 Å². The van der Waals surface area contributed by atoms with E-state index < -0.39 is 0 Å². The molecule has 2 rings (SSSR count). The van der Waals surface area contributed by atoms with E-state index in [4.69, 9.17) is 10.00 Å². The van der Waals surface area contributed by atoms with Crippen molar-refractivity contribution in [3.05, 3.63) is 29.8 Å². The number of nitrogens with zero attached hydrogens (tertiary/aromatic N) is 2. The zero-order chi connectivity index (χ0) is 9.97. The van der Waals surface area contributed by atoms with Crippen LogP contribution in [0.4, 0.5) is 10.5 Å². The van der Waals surface area contributed by atoms with Gasteiger partial charge in [0.2, 0.25) is 0 Å². The minimum absolute atomic E-state index is 0.324. The van der Waals surface area contributed by atoms with Crippen LogP contribution >= 0.6 is 0 Å². The van der Waals surface area contributed by atoms with Gasteiger partial charge in [-0.1, -0.05) is 0 Å². The summed E-state index contributed by atoms with van der Waals surface area (Å²) in [5.41, 5.74) is 1.35. The molecule has 4 nitrogen and oxygen atoms in total. The van der Waals surface area contributed by atoms with Gasteiger partial charge in [0.15, 0.2) is 0 Å². The molecule has 14 heavy (non-hydrogen) atoms. The second kappa shape index (κ2) is 3.38. The predicted molar refractivity (Wildman–Crippen MR) is 49.9 cm³/mol. The third kappa shape index (κ3) is 1.40. The molecule has 1 aliphatic rings. The second-order valence-electron chi connectivity index (χ2n) is 2.92. The zero-order valence-corrected chi connectivity index (χ0v) is 7.43. The Labute approximate surface area is 81.3 Å². The third-order valence-electron chi connectivity index (χ3n) is 2.07. The molecule has 0 saturated carbocycles. The summed E-state index contributed by atoms with van der Waals surface area (Å²) in [6, 6.07) is 8.87. The molecule has 1 amide bonds. The van der Waals surface area contributed by atoms with Gasteiger partial charge in [-0.3, -0.25) is 4.90 Å². The lowest BCUT2D eigenvalue weighted by Crippen LogP contribution is -2.23. The quantitative estimate of drug-likeness (QED) is 0.671. The van der Waals surface area contributed by atoms with Crippen molar-refractivity contribution in [2.75, 3.05) is 18.1 Å². The Kier molecular flexibility index (Phi) is 2.07. The predicted octanol–water partition coefficient (Wildman–Crippen LogP) is 1.51. The highest BCUT2D eigenvalue weighted by molar-refractivity contribution is 5.89. The molecule has 1 aromatic rings. The van der Waals surface area contributed by atoms with E-state index in [1.807, 2.05) is 6.07 Å². The van der Waals surface area contributed by atoms with Crippen molar-refractivity contribution >= 4 is 11.8 Å². The summed E-state index contributed by atoms with van der Waals surface area (Å²) >= 11 is 0. The number of hydrogen-bond donors (Lipinski definition) is 0. The van der Waals surface area contributed by atoms with Gasteiger partial charge in [0.05, 0.1) is 18.2 Å². The Hall–Kier alpha value is -2.02. The van der Waals surface area contributed by atoms with Crippen molar-refractivity contribution in [1.29, 1.82) is 5.26 Å². The molecule has 0 radical (unpaired) electrons. The minimum Gasteiger partial charge on any atom is -0.447 e. The first kappa shape index (κ1) is 8.57. The topological polar surface area (TPSA) is 53.3 Å². The van der Waals surface area contributed by atoms with Crippen molar-refractivity contribution in [3.63, 3.8) is 0 Å². The highest BCUT2D eigenvalue weighted by Gasteiger charge is 2.22. The van der Waals surface area contributed by atoms with Crippen LogP contribution in [0, 0.1) is 11.3 Å². The van der Waals surface area contributed by atoms with E-state index in [-0.39, 0.29) is 6.09 Å². The Morgan fingerprint density at radius 3 is 2.57 bits per heavy atom. The summed E-state index contributed by atoms with van der Waals surface area (Å²) in [6.07, 6.45) is -0.324. The average molecular weight is 188 g/mol. The maximum Gasteiger partial charge on any atom is 0.414 e. The first-order chi connectivity index (χ1) is 6.81. The van der Waals surface area contributed by atoms with Gasteiger partial charge in [0.1, 0.15) is 6.61 Å². The van der Waals surface area contributed by atoms with E-state index in [9.17, 15) is 4.79 Å². The molecule has 1 heterocycles. The minimum atomic E-state index is -0.324. The molecule has 0 N–H and O–H groups in total. The molecule has 1 saturated heterocycles. The van der Waals surface area contributed by atoms with Gasteiger partial charge < -0.3 is 4.74 Å². The zero-order valence-electron chi connectivity index (χ0n) is 7.43. The molecular weight excluding hydrogens is 180 g/mol. The van der Waals surface area contributed by atoms with Gasteiger partial charge in [-0.05, 0) is 24.3 Å². The first-order valence-corrected chi connectivity index (χ1v) is 4.26. The highest BCUT2D eigenvalue weighted by Crippen LogP contribution is 2.18. The van der Waals surface area contributed by atoms with Crippen LogP contribution in [-0.2, 0) is 4.74 Å². The van der Waals surface area contributed by atoms with Crippen LogP contribution in [0.25, 0.3) is 0 Å². The van der Waals surface area contributed by atoms with Crippen LogP contribution < -0.4 is 4.90 Å². The molecular formula is C10H8N2O2. The average Bonchev–Trinajstić information content (AvgIpc) is 2.65. The number of carbonyl (C=O) groups is 1. The number of hydrogen-bond acceptors (Lipinski definition) is 3. The van der Waals surface area contributed by atoms with Crippen LogP contribution in [0.2, 0.25) is 0 Å². The lowest BCUT2D eigenvalue weighted by atomic mass is 10.2. The molecule has 4 heteroatoms. The van der Waals surface area contributed by atoms with E-state index >= 15 is 0 Å². The summed E-state index contributed by atoms with van der Waals surface area (Å²) in [5, 5.41) is 8.59. The van der Waals surface area contributed by atoms with Crippen LogP contribution in [0.3, 0.4) is 0 Å². The van der Waals surface area contributed by atoms with Crippen LogP contribution in [0.15, 0.2) is 24.3 Å². The third-order valence-corrected chi connectivity index (χ3v) is 2.07. The largest absolute Gasteiger partial charge is 0.447 e. The smallest absolute Gasteiger partial charge is 0.414 e. The van der Waals surface area contributed by atoms with Crippen molar-refractivity contribution in [2.24, 2.45) is 0 Å². The molecule has 1 aromatic carbocycles. The number of cyclic esters (lactones) is 1. The van der Waals surface area contributed by atoms with Gasteiger partial charge in [0.25, 0.3) is 0 Å². The number of rotatable bonds is 1. The van der Waals surface area contributed by atoms with Gasteiger partial charge >= 0.3 is 6.09 Å². The van der Waals surface area contributed by atoms with Gasteiger partial charge in [-0.2, -0.15) is 5.26 Å². The highest BCUT2D eigenvalue weighted by atomic mass is 16.6. The van der Waals surface area contributed by atoms with Gasteiger partial charge in [0, 0.05) is 5.69 Å². The molecule has 0 aromatic heterocycles. The number of benzene rings is 1. The van der Waals surface area contributed by atoms with E-state index in [2.05, 4.69) is 0 Å². The number of amides is 1. The van der Waals surface area contributed by atoms with E-state index in [1.165, 1.54) is 0 Å². The van der Waals surface area contributed by atoms with E-state index in [0.29, 0.717) is 18.7 Å². The molecule has 0 spiro atoms. The maximum atomic E-state index is 11.2. The Balaban J connectivity index is 2.25. The maximum absolute atomic E-state index is 11.2. The lowest BCUT2D eigenvalue weighted by molar-refractivity contribution is 0.181. The Morgan fingerprint density at radius 1 is 1.36 bits per heavy atom. The van der Waals surface area contributed by atoms with Crippen molar-refractivity contribution < 1.29 is 9.53 Å². The fraction of sp³-hybridized carbons (Fsp3) is 0.200. The van der Waals surface area contributed by atoms with Gasteiger partial charge in [-0.25, -0.2) is 4.79 Å². The Morgan fingerprint density at radius 2 is 2.07 bits per heavy atom. The SMILES string of the molecule is N#Cc1ccc(N2CCOC2=O)cc1. The molecule has 0 bridgehead atoms. The Bertz CT molecular complexity index is 392. The fourth-order valence-corrected chi connectivity index (χ4v) is 1.34. The van der Waals surface area contributed by atoms with Gasteiger partial charge in [-0.15, -0.1) is 0 Å². The summed E-state index contributed by atoms with van der Waals surface area (Å²) in [4.78, 5) is 12.7. The lowest BCUT2D eigenvalue weighted by Gasteiger charge is -2.11. The summed E-state index contributed by atoms with van der Waals surface area (Å²) in [6.45, 7) is 1.00. The van der Waals surface area contributed by atoms with Crippen molar-refractivity contribution in [2.45, 2.75) is 0 Å². The van der Waals surface area contributed by atoms with E-state index in [0.717, 1.165) is 5.69 Å². The molecule has 1 fully saturated rings. The first-order valence-electron chi connectivity index (χ1n) is 4.26. The van der Waals surface area contributed by atoms with Crippen LogP contribution in [0.1, 0.15) is 5.56 Å². The molecule has 0 unspecified atom stereocenters. The molecule has 70 valence electrons. The van der Waals surface area contributed by atoms with Crippen molar-refractivity contribution in [1.82, 2.24) is 0 Å². The normalized spacial score (nSPS) is 15.1. The van der Waals surface area contributed by atoms with Crippen molar-refractivity contribution in [3.8, 4) is 6.07 Å². The summed E-state index contributed by atoms with van der Waals surface area (Å²) in [7, 11) is 0. The second-order valence-corrected chi connectivity index (χ2v) is 2.92. The number of anilines is 1. The van der Waals surface area contributed by atoms with E-state index in [1.54, 1.807) is 29.2 Å². The number of carbonyl (C=O) groups excluding carboxylic acids is 1. The van der Waals surface area contributed by atoms with Crippen LogP contribution in [-0.4, -0.2) is 19.2 Å².